The molecule has 5 rings (SSSR count). The number of anilines is 3. The molecule has 0 radical (unpaired) electrons. The molecule has 1 aliphatic heterocycles. The summed E-state index contributed by atoms with van der Waals surface area (Å²) in [5, 5.41) is 3.36. The van der Waals surface area contributed by atoms with E-state index in [1.807, 2.05) is 18.2 Å². The summed E-state index contributed by atoms with van der Waals surface area (Å²) in [6.45, 7) is 3.36. The maximum absolute atomic E-state index is 5.42. The number of H-pyrrole nitrogens is 1. The van der Waals surface area contributed by atoms with Gasteiger partial charge in [-0.15, -0.1) is 0 Å². The van der Waals surface area contributed by atoms with Gasteiger partial charge in [0.15, 0.2) is 11.5 Å². The van der Waals surface area contributed by atoms with Gasteiger partial charge in [0.05, 0.1) is 20.3 Å². The SMILES string of the molecule is COc1ccc(-c2nc3ncnc(Nc4ccc(N5CCOCC5)cc4)c3[nH]2)cn1. The van der Waals surface area contributed by atoms with E-state index in [2.05, 4.69) is 47.3 Å². The van der Waals surface area contributed by atoms with Crippen LogP contribution in [0.25, 0.3) is 22.6 Å². The Morgan fingerprint density at radius 3 is 2.60 bits per heavy atom. The molecule has 3 aromatic heterocycles. The second-order valence-electron chi connectivity index (χ2n) is 6.87. The van der Waals surface area contributed by atoms with Crippen LogP contribution in [0.15, 0.2) is 48.9 Å². The predicted octanol–water partition coefficient (Wildman–Crippen LogP) is 3.00. The molecule has 0 unspecified atom stereocenters. The fourth-order valence-electron chi connectivity index (χ4n) is 3.41. The molecule has 0 bridgehead atoms. The zero-order chi connectivity index (χ0) is 20.3. The molecule has 152 valence electrons. The molecular weight excluding hydrogens is 382 g/mol. The van der Waals surface area contributed by atoms with Crippen molar-refractivity contribution in [3.63, 3.8) is 0 Å². The van der Waals surface area contributed by atoms with Crippen LogP contribution in [-0.2, 0) is 4.74 Å². The maximum Gasteiger partial charge on any atom is 0.212 e. The Kier molecular flexibility index (Phi) is 4.86. The van der Waals surface area contributed by atoms with Gasteiger partial charge in [-0.25, -0.2) is 19.9 Å². The summed E-state index contributed by atoms with van der Waals surface area (Å²) in [6.07, 6.45) is 3.21. The number of nitrogens with one attached hydrogen (secondary N) is 2. The Labute approximate surface area is 173 Å². The van der Waals surface area contributed by atoms with E-state index >= 15 is 0 Å². The van der Waals surface area contributed by atoms with Crippen molar-refractivity contribution in [1.29, 1.82) is 0 Å². The minimum absolute atomic E-state index is 0.553. The third-order valence-corrected chi connectivity index (χ3v) is 5.01. The number of nitrogens with zero attached hydrogens (tertiary/aromatic N) is 5. The number of ether oxygens (including phenoxy) is 2. The van der Waals surface area contributed by atoms with Gasteiger partial charge in [-0.3, -0.25) is 0 Å². The minimum Gasteiger partial charge on any atom is -0.481 e. The number of hydrogen-bond acceptors (Lipinski definition) is 8. The van der Waals surface area contributed by atoms with Gasteiger partial charge in [0.2, 0.25) is 5.88 Å². The average Bonchev–Trinajstić information content (AvgIpc) is 3.26. The first kappa shape index (κ1) is 18.3. The molecule has 1 fully saturated rings. The first-order valence-corrected chi connectivity index (χ1v) is 9.71. The van der Waals surface area contributed by atoms with E-state index in [4.69, 9.17) is 9.47 Å². The summed E-state index contributed by atoms with van der Waals surface area (Å²) in [5.41, 5.74) is 4.29. The van der Waals surface area contributed by atoms with E-state index in [0.717, 1.165) is 43.1 Å². The second kappa shape index (κ2) is 7.96. The van der Waals surface area contributed by atoms with Crippen LogP contribution in [0, 0.1) is 0 Å². The quantitative estimate of drug-likeness (QED) is 0.524. The number of aromatic nitrogens is 5. The van der Waals surface area contributed by atoms with Gasteiger partial charge in [-0.05, 0) is 30.3 Å². The highest BCUT2D eigenvalue weighted by Gasteiger charge is 2.13. The van der Waals surface area contributed by atoms with Gasteiger partial charge in [-0.2, -0.15) is 0 Å². The first-order chi connectivity index (χ1) is 14.8. The highest BCUT2D eigenvalue weighted by Crippen LogP contribution is 2.26. The highest BCUT2D eigenvalue weighted by atomic mass is 16.5. The van der Waals surface area contributed by atoms with Crippen molar-refractivity contribution >= 4 is 28.4 Å². The Morgan fingerprint density at radius 2 is 1.87 bits per heavy atom. The van der Waals surface area contributed by atoms with E-state index in [9.17, 15) is 0 Å². The lowest BCUT2D eigenvalue weighted by Crippen LogP contribution is -2.36. The average molecular weight is 403 g/mol. The Hall–Kier alpha value is -3.72. The molecule has 9 heteroatoms. The largest absolute Gasteiger partial charge is 0.481 e. The van der Waals surface area contributed by atoms with Crippen molar-refractivity contribution in [2.75, 3.05) is 43.6 Å². The lowest BCUT2D eigenvalue weighted by Gasteiger charge is -2.28. The number of imidazole rings is 1. The lowest BCUT2D eigenvalue weighted by molar-refractivity contribution is 0.122. The number of aromatic amines is 1. The van der Waals surface area contributed by atoms with Crippen LogP contribution >= 0.6 is 0 Å². The van der Waals surface area contributed by atoms with Gasteiger partial charge in [0.1, 0.15) is 17.7 Å². The lowest BCUT2D eigenvalue weighted by atomic mass is 10.2. The molecule has 1 aliphatic rings. The zero-order valence-electron chi connectivity index (χ0n) is 16.5. The summed E-state index contributed by atoms with van der Waals surface area (Å²) in [7, 11) is 1.59. The molecule has 0 atom stereocenters. The smallest absolute Gasteiger partial charge is 0.212 e. The summed E-state index contributed by atoms with van der Waals surface area (Å²) in [6, 6.07) is 12.0. The predicted molar refractivity (Wildman–Crippen MR) is 114 cm³/mol. The highest BCUT2D eigenvalue weighted by molar-refractivity contribution is 5.87. The van der Waals surface area contributed by atoms with Crippen LogP contribution in [0.4, 0.5) is 17.2 Å². The monoisotopic (exact) mass is 403 g/mol. The first-order valence-electron chi connectivity index (χ1n) is 9.71. The van der Waals surface area contributed by atoms with Crippen molar-refractivity contribution in [2.24, 2.45) is 0 Å². The summed E-state index contributed by atoms with van der Waals surface area (Å²) >= 11 is 0. The van der Waals surface area contributed by atoms with Crippen LogP contribution in [0.3, 0.4) is 0 Å². The molecule has 4 heterocycles. The normalized spacial score (nSPS) is 14.1. The summed E-state index contributed by atoms with van der Waals surface area (Å²) in [5.74, 6) is 1.89. The number of hydrogen-bond donors (Lipinski definition) is 2. The van der Waals surface area contributed by atoms with E-state index in [0.29, 0.717) is 23.2 Å². The number of pyridine rings is 1. The molecule has 0 saturated carbocycles. The Morgan fingerprint density at radius 1 is 1.03 bits per heavy atom. The number of benzene rings is 1. The number of fused-ring (bicyclic) bond motifs is 1. The van der Waals surface area contributed by atoms with Crippen molar-refractivity contribution in [1.82, 2.24) is 24.9 Å². The molecule has 0 aliphatic carbocycles. The minimum atomic E-state index is 0.553. The van der Waals surface area contributed by atoms with Gasteiger partial charge >= 0.3 is 0 Å². The summed E-state index contributed by atoms with van der Waals surface area (Å²) < 4.78 is 10.5. The fraction of sp³-hybridized carbons (Fsp3) is 0.238. The molecule has 1 saturated heterocycles. The van der Waals surface area contributed by atoms with Gasteiger partial charge in [0, 0.05) is 42.3 Å². The third-order valence-electron chi connectivity index (χ3n) is 5.01. The molecule has 0 amide bonds. The van der Waals surface area contributed by atoms with E-state index in [-0.39, 0.29) is 0 Å². The van der Waals surface area contributed by atoms with Crippen LogP contribution in [0.2, 0.25) is 0 Å². The van der Waals surface area contributed by atoms with Crippen LogP contribution in [-0.4, -0.2) is 58.3 Å². The third kappa shape index (κ3) is 3.62. The topological polar surface area (TPSA) is 101 Å². The number of methoxy groups -OCH3 is 1. The molecule has 30 heavy (non-hydrogen) atoms. The van der Waals surface area contributed by atoms with Crippen molar-refractivity contribution < 1.29 is 9.47 Å². The maximum atomic E-state index is 5.42. The van der Waals surface area contributed by atoms with E-state index in [1.165, 1.54) is 12.0 Å². The van der Waals surface area contributed by atoms with Crippen LogP contribution in [0.1, 0.15) is 0 Å². The molecule has 9 nitrogen and oxygen atoms in total. The van der Waals surface area contributed by atoms with E-state index < -0.39 is 0 Å². The van der Waals surface area contributed by atoms with E-state index in [1.54, 1.807) is 19.4 Å². The summed E-state index contributed by atoms with van der Waals surface area (Å²) in [4.78, 5) is 23.1. The molecular formula is C21H21N7O2. The Bertz CT molecular complexity index is 1140. The molecule has 1 aromatic carbocycles. The molecule has 4 aromatic rings. The second-order valence-corrected chi connectivity index (χ2v) is 6.87. The van der Waals surface area contributed by atoms with Gasteiger partial charge < -0.3 is 24.7 Å². The zero-order valence-corrected chi connectivity index (χ0v) is 16.5. The standard InChI is InChI=1S/C21H21N7O2/c1-29-17-7-2-14(12-22-17)19-26-18-20(23-13-24-21(18)27-19)25-15-3-5-16(6-4-15)28-8-10-30-11-9-28/h2-7,12-13H,8-11H2,1H3,(H2,23,24,25,26,27). The molecule has 2 N–H and O–H groups in total. The Balaban J connectivity index is 1.39. The van der Waals surface area contributed by atoms with Gasteiger partial charge in [0.25, 0.3) is 0 Å². The van der Waals surface area contributed by atoms with Crippen molar-refractivity contribution in [2.45, 2.75) is 0 Å². The number of morpholine rings is 1. The molecule has 0 spiro atoms. The number of rotatable bonds is 5. The van der Waals surface area contributed by atoms with Crippen molar-refractivity contribution in [3.05, 3.63) is 48.9 Å². The fourth-order valence-corrected chi connectivity index (χ4v) is 3.41. The van der Waals surface area contributed by atoms with Crippen LogP contribution in [0.5, 0.6) is 5.88 Å². The van der Waals surface area contributed by atoms with Crippen LogP contribution < -0.4 is 15.0 Å². The van der Waals surface area contributed by atoms with Crippen molar-refractivity contribution in [3.8, 4) is 17.3 Å². The van der Waals surface area contributed by atoms with Gasteiger partial charge in [-0.1, -0.05) is 0 Å².